The Balaban J connectivity index is 1.75. The minimum Gasteiger partial charge on any atom is -0.486 e. The molecule has 124 valence electrons. The van der Waals surface area contributed by atoms with Gasteiger partial charge in [-0.05, 0) is 37.3 Å². The Hall–Kier alpha value is -2.89. The number of ether oxygens (including phenoxy) is 3. The van der Waals surface area contributed by atoms with E-state index in [0.717, 1.165) is 0 Å². The minimum atomic E-state index is -0.494. The second-order valence-electron chi connectivity index (χ2n) is 5.19. The zero-order chi connectivity index (χ0) is 16.9. The summed E-state index contributed by atoms with van der Waals surface area (Å²) < 4.78 is 15.8. The molecule has 0 saturated heterocycles. The maximum Gasteiger partial charge on any atom is 0.356 e. The van der Waals surface area contributed by atoms with Gasteiger partial charge >= 0.3 is 5.97 Å². The molecule has 1 aromatic carbocycles. The maximum atomic E-state index is 12.5. The molecule has 0 bridgehead atoms. The van der Waals surface area contributed by atoms with Crippen LogP contribution in [0, 0.1) is 0 Å². The summed E-state index contributed by atoms with van der Waals surface area (Å²) in [7, 11) is 0. The lowest BCUT2D eigenvalue weighted by Crippen LogP contribution is -2.16. The molecule has 0 atom stereocenters. The van der Waals surface area contributed by atoms with Crippen LogP contribution >= 0.6 is 0 Å². The van der Waals surface area contributed by atoms with Gasteiger partial charge in [-0.1, -0.05) is 6.07 Å². The summed E-state index contributed by atoms with van der Waals surface area (Å²) in [6.07, 6.45) is 0.0902. The number of aromatic nitrogens is 1. The van der Waals surface area contributed by atoms with E-state index in [9.17, 15) is 9.59 Å². The number of carbonyl (C=O) groups is 2. The van der Waals surface area contributed by atoms with E-state index in [-0.39, 0.29) is 24.5 Å². The molecule has 0 radical (unpaired) electrons. The quantitative estimate of drug-likeness (QED) is 0.620. The summed E-state index contributed by atoms with van der Waals surface area (Å²) in [5, 5.41) is 0. The standard InChI is InChI=1S/C18H17NO5/c1-2-22-18(21)14-5-3-4-13(19-14)11-15(20)12-6-7-16-17(10-12)24-9-8-23-16/h3-7,10H,2,8-9,11H2,1H3. The molecule has 0 fully saturated rings. The SMILES string of the molecule is CCOC(=O)c1cccc(CC(=O)c2ccc3c(c2)OCCO3)n1. The van der Waals surface area contributed by atoms with Gasteiger partial charge in [0.05, 0.1) is 13.0 Å². The van der Waals surface area contributed by atoms with Gasteiger partial charge < -0.3 is 14.2 Å². The summed E-state index contributed by atoms with van der Waals surface area (Å²) >= 11 is 0. The van der Waals surface area contributed by atoms with Crippen LogP contribution in [-0.2, 0) is 11.2 Å². The lowest BCUT2D eigenvalue weighted by atomic mass is 10.1. The van der Waals surface area contributed by atoms with Gasteiger partial charge in [0.15, 0.2) is 17.3 Å². The van der Waals surface area contributed by atoms with Gasteiger partial charge in [-0.3, -0.25) is 4.79 Å². The first-order chi connectivity index (χ1) is 11.7. The zero-order valence-electron chi connectivity index (χ0n) is 13.3. The molecular formula is C18H17NO5. The zero-order valence-corrected chi connectivity index (χ0v) is 13.3. The number of nitrogens with zero attached hydrogens (tertiary/aromatic N) is 1. The second kappa shape index (κ2) is 7.12. The first-order valence-corrected chi connectivity index (χ1v) is 7.73. The predicted molar refractivity (Wildman–Crippen MR) is 85.7 cm³/mol. The van der Waals surface area contributed by atoms with Gasteiger partial charge in [0, 0.05) is 11.3 Å². The van der Waals surface area contributed by atoms with Crippen molar-refractivity contribution in [3.63, 3.8) is 0 Å². The smallest absolute Gasteiger partial charge is 0.356 e. The van der Waals surface area contributed by atoms with E-state index in [1.807, 2.05) is 0 Å². The number of pyridine rings is 1. The van der Waals surface area contributed by atoms with Crippen molar-refractivity contribution in [2.24, 2.45) is 0 Å². The lowest BCUT2D eigenvalue weighted by Gasteiger charge is -2.18. The van der Waals surface area contributed by atoms with Crippen LogP contribution in [0.1, 0.15) is 33.5 Å². The van der Waals surface area contributed by atoms with Gasteiger partial charge in [-0.25, -0.2) is 9.78 Å². The van der Waals surface area contributed by atoms with Gasteiger partial charge in [-0.15, -0.1) is 0 Å². The van der Waals surface area contributed by atoms with Gasteiger partial charge in [0.25, 0.3) is 0 Å². The highest BCUT2D eigenvalue weighted by atomic mass is 16.6. The molecule has 3 rings (SSSR count). The van der Waals surface area contributed by atoms with Crippen molar-refractivity contribution in [3.05, 3.63) is 53.3 Å². The Morgan fingerprint density at radius 2 is 1.92 bits per heavy atom. The third kappa shape index (κ3) is 3.53. The van der Waals surface area contributed by atoms with Crippen molar-refractivity contribution in [2.75, 3.05) is 19.8 Å². The first kappa shape index (κ1) is 16.0. The molecule has 6 heteroatoms. The summed E-state index contributed by atoms with van der Waals surface area (Å²) in [5.74, 6) is 0.604. The first-order valence-electron chi connectivity index (χ1n) is 7.73. The number of carbonyl (C=O) groups excluding carboxylic acids is 2. The highest BCUT2D eigenvalue weighted by Gasteiger charge is 2.16. The largest absolute Gasteiger partial charge is 0.486 e. The van der Waals surface area contributed by atoms with Crippen molar-refractivity contribution in [1.29, 1.82) is 0 Å². The van der Waals surface area contributed by atoms with E-state index in [0.29, 0.717) is 36.0 Å². The van der Waals surface area contributed by atoms with Gasteiger partial charge in [0.2, 0.25) is 0 Å². The van der Waals surface area contributed by atoms with Crippen LogP contribution in [0.3, 0.4) is 0 Å². The molecule has 2 heterocycles. The lowest BCUT2D eigenvalue weighted by molar-refractivity contribution is 0.0518. The predicted octanol–water partition coefficient (Wildman–Crippen LogP) is 2.45. The van der Waals surface area contributed by atoms with E-state index in [2.05, 4.69) is 4.98 Å². The molecule has 0 saturated carbocycles. The van der Waals surface area contributed by atoms with Crippen molar-refractivity contribution in [1.82, 2.24) is 4.98 Å². The van der Waals surface area contributed by atoms with Crippen LogP contribution in [0.4, 0.5) is 0 Å². The van der Waals surface area contributed by atoms with Crippen molar-refractivity contribution in [3.8, 4) is 11.5 Å². The number of Topliss-reactive ketones (excluding diaryl/α,β-unsaturated/α-hetero) is 1. The molecule has 1 aliphatic rings. The molecule has 24 heavy (non-hydrogen) atoms. The Morgan fingerprint density at radius 3 is 2.71 bits per heavy atom. The van der Waals surface area contributed by atoms with Gasteiger partial charge in [0.1, 0.15) is 18.9 Å². The van der Waals surface area contributed by atoms with Crippen LogP contribution in [0.25, 0.3) is 0 Å². The normalized spacial score (nSPS) is 12.5. The van der Waals surface area contributed by atoms with E-state index in [4.69, 9.17) is 14.2 Å². The third-order valence-corrected chi connectivity index (χ3v) is 3.50. The average Bonchev–Trinajstić information content (AvgIpc) is 2.61. The maximum absolute atomic E-state index is 12.5. The molecule has 6 nitrogen and oxygen atoms in total. The van der Waals surface area contributed by atoms with Crippen LogP contribution in [0.15, 0.2) is 36.4 Å². The molecule has 0 aliphatic carbocycles. The summed E-state index contributed by atoms with van der Waals surface area (Å²) in [4.78, 5) is 28.4. The highest BCUT2D eigenvalue weighted by molar-refractivity contribution is 5.98. The molecular weight excluding hydrogens is 310 g/mol. The van der Waals surface area contributed by atoms with E-state index < -0.39 is 5.97 Å². The summed E-state index contributed by atoms with van der Waals surface area (Å²) in [5.41, 5.74) is 1.23. The average molecular weight is 327 g/mol. The summed E-state index contributed by atoms with van der Waals surface area (Å²) in [6.45, 7) is 2.98. The van der Waals surface area contributed by atoms with Crippen molar-refractivity contribution >= 4 is 11.8 Å². The fraction of sp³-hybridized carbons (Fsp3) is 0.278. The van der Waals surface area contributed by atoms with Gasteiger partial charge in [-0.2, -0.15) is 0 Å². The van der Waals surface area contributed by atoms with Crippen molar-refractivity contribution in [2.45, 2.75) is 13.3 Å². The molecule has 2 aromatic rings. The molecule has 1 aromatic heterocycles. The van der Waals surface area contributed by atoms with Crippen molar-refractivity contribution < 1.29 is 23.8 Å². The number of rotatable bonds is 5. The molecule has 1 aliphatic heterocycles. The molecule has 0 N–H and O–H groups in total. The third-order valence-electron chi connectivity index (χ3n) is 3.50. The Morgan fingerprint density at radius 1 is 1.12 bits per heavy atom. The molecule has 0 amide bonds. The van der Waals surface area contributed by atoms with E-state index >= 15 is 0 Å². The number of esters is 1. The number of hydrogen-bond acceptors (Lipinski definition) is 6. The Kier molecular flexibility index (Phi) is 4.74. The topological polar surface area (TPSA) is 74.7 Å². The van der Waals surface area contributed by atoms with E-state index in [1.54, 1.807) is 43.3 Å². The highest BCUT2D eigenvalue weighted by Crippen LogP contribution is 2.31. The second-order valence-corrected chi connectivity index (χ2v) is 5.19. The number of ketones is 1. The number of benzene rings is 1. The molecule has 0 spiro atoms. The molecule has 0 unspecified atom stereocenters. The van der Waals surface area contributed by atoms with Crippen LogP contribution in [-0.4, -0.2) is 36.6 Å². The van der Waals surface area contributed by atoms with E-state index in [1.165, 1.54) is 0 Å². The Bertz CT molecular complexity index is 772. The van der Waals surface area contributed by atoms with Crippen LogP contribution < -0.4 is 9.47 Å². The minimum absolute atomic E-state index is 0.0902. The fourth-order valence-electron chi connectivity index (χ4n) is 2.38. The fourth-order valence-corrected chi connectivity index (χ4v) is 2.38. The van der Waals surface area contributed by atoms with Crippen LogP contribution in [0.5, 0.6) is 11.5 Å². The Labute approximate surface area is 139 Å². The number of hydrogen-bond donors (Lipinski definition) is 0. The van der Waals surface area contributed by atoms with Crippen LogP contribution in [0.2, 0.25) is 0 Å². The monoisotopic (exact) mass is 327 g/mol. The summed E-state index contributed by atoms with van der Waals surface area (Å²) in [6, 6.07) is 10.1. The number of fused-ring (bicyclic) bond motifs is 1.